The summed E-state index contributed by atoms with van der Waals surface area (Å²) in [4.78, 5) is 15.6. The van der Waals surface area contributed by atoms with Crippen LogP contribution < -0.4 is 4.74 Å². The SMILES string of the molecule is Cc1ccc(COc2ccc(-c3nn(-c4ccccc4)cc3C=C3SC(=S)N(Cc4ccccc4)C3=O)cc2)cc1. The second-order valence-corrected chi connectivity index (χ2v) is 11.4. The molecule has 0 N–H and O–H groups in total. The number of aryl methyl sites for hydroxylation is 1. The monoisotopic (exact) mass is 573 g/mol. The van der Waals surface area contributed by atoms with Crippen LogP contribution in [0.1, 0.15) is 22.3 Å². The first kappa shape index (κ1) is 26.7. The standard InChI is InChI=1S/C34H27N3O2S2/c1-24-12-14-26(15-13-24)23-39-30-18-16-27(17-19-30)32-28(22-37(35-32)29-10-6-3-7-11-29)20-31-33(38)36(34(40)41-31)21-25-8-4-2-5-9-25/h2-20,22H,21,23H2,1H3. The molecule has 1 aliphatic rings. The van der Waals surface area contributed by atoms with Gasteiger partial charge in [-0.25, -0.2) is 4.68 Å². The molecular formula is C34H27N3O2S2. The van der Waals surface area contributed by atoms with Gasteiger partial charge in [-0.05, 0) is 60.5 Å². The molecule has 1 amide bonds. The Kier molecular flexibility index (Phi) is 7.80. The third-order valence-electron chi connectivity index (χ3n) is 6.76. The summed E-state index contributed by atoms with van der Waals surface area (Å²) in [5, 5.41) is 4.92. The minimum atomic E-state index is -0.0953. The molecule has 4 aromatic carbocycles. The minimum absolute atomic E-state index is 0.0953. The number of thioether (sulfide) groups is 1. The van der Waals surface area contributed by atoms with E-state index in [0.717, 1.165) is 39.4 Å². The highest BCUT2D eigenvalue weighted by Crippen LogP contribution is 2.36. The minimum Gasteiger partial charge on any atom is -0.489 e. The van der Waals surface area contributed by atoms with E-state index in [2.05, 4.69) is 31.2 Å². The Balaban J connectivity index is 1.28. The molecule has 0 radical (unpaired) electrons. The van der Waals surface area contributed by atoms with Crippen molar-refractivity contribution >= 4 is 40.3 Å². The maximum atomic E-state index is 13.4. The quantitative estimate of drug-likeness (QED) is 0.140. The summed E-state index contributed by atoms with van der Waals surface area (Å²) in [6, 6.07) is 36.1. The number of nitrogens with zero attached hydrogens (tertiary/aromatic N) is 3. The zero-order valence-electron chi connectivity index (χ0n) is 22.4. The summed E-state index contributed by atoms with van der Waals surface area (Å²) < 4.78 is 8.41. The molecule has 0 unspecified atom stereocenters. The number of thiocarbonyl (C=S) groups is 1. The molecule has 7 heteroatoms. The average Bonchev–Trinajstić information content (AvgIpc) is 3.54. The van der Waals surface area contributed by atoms with Crippen molar-refractivity contribution in [3.63, 3.8) is 0 Å². The number of ether oxygens (including phenoxy) is 1. The lowest BCUT2D eigenvalue weighted by molar-refractivity contribution is -0.122. The van der Waals surface area contributed by atoms with Gasteiger partial charge in [-0.3, -0.25) is 9.69 Å². The highest BCUT2D eigenvalue weighted by molar-refractivity contribution is 8.26. The van der Waals surface area contributed by atoms with Crippen LogP contribution in [0.3, 0.4) is 0 Å². The molecule has 41 heavy (non-hydrogen) atoms. The van der Waals surface area contributed by atoms with Gasteiger partial charge in [-0.15, -0.1) is 0 Å². The fourth-order valence-corrected chi connectivity index (χ4v) is 5.78. The zero-order chi connectivity index (χ0) is 28.2. The van der Waals surface area contributed by atoms with Crippen molar-refractivity contribution in [2.75, 3.05) is 0 Å². The van der Waals surface area contributed by atoms with Crippen LogP contribution in [0, 0.1) is 6.92 Å². The molecule has 2 heterocycles. The maximum absolute atomic E-state index is 13.4. The Hall–Kier alpha value is -4.46. The van der Waals surface area contributed by atoms with Crippen molar-refractivity contribution in [2.24, 2.45) is 0 Å². The Morgan fingerprint density at radius 2 is 1.54 bits per heavy atom. The molecule has 0 saturated carbocycles. The van der Waals surface area contributed by atoms with Gasteiger partial charge in [0.05, 0.1) is 22.8 Å². The van der Waals surface area contributed by atoms with Gasteiger partial charge in [0, 0.05) is 17.3 Å². The number of amides is 1. The fraction of sp³-hybridized carbons (Fsp3) is 0.0882. The van der Waals surface area contributed by atoms with Gasteiger partial charge in [0.1, 0.15) is 16.7 Å². The van der Waals surface area contributed by atoms with Crippen LogP contribution >= 0.6 is 24.0 Å². The van der Waals surface area contributed by atoms with Gasteiger partial charge in [0.25, 0.3) is 5.91 Å². The summed E-state index contributed by atoms with van der Waals surface area (Å²) in [7, 11) is 0. The van der Waals surface area contributed by atoms with E-state index >= 15 is 0 Å². The lowest BCUT2D eigenvalue weighted by Crippen LogP contribution is -2.27. The number of benzene rings is 4. The van der Waals surface area contributed by atoms with Crippen LogP contribution in [0.15, 0.2) is 120 Å². The predicted molar refractivity (Wildman–Crippen MR) is 170 cm³/mol. The molecule has 6 rings (SSSR count). The number of carbonyl (C=O) groups excluding carboxylic acids is 1. The van der Waals surface area contributed by atoms with Crippen LogP contribution in [-0.4, -0.2) is 24.9 Å². The number of hydrogen-bond donors (Lipinski definition) is 0. The first-order chi connectivity index (χ1) is 20.0. The number of carbonyl (C=O) groups is 1. The smallest absolute Gasteiger partial charge is 0.266 e. The first-order valence-corrected chi connectivity index (χ1v) is 14.5. The van der Waals surface area contributed by atoms with Gasteiger partial charge in [0.2, 0.25) is 0 Å². The third-order valence-corrected chi connectivity index (χ3v) is 8.14. The molecule has 0 atom stereocenters. The van der Waals surface area contributed by atoms with Crippen molar-refractivity contribution < 1.29 is 9.53 Å². The normalized spacial score (nSPS) is 14.2. The largest absolute Gasteiger partial charge is 0.489 e. The van der Waals surface area contributed by atoms with Crippen LogP contribution in [0.4, 0.5) is 0 Å². The molecule has 5 aromatic rings. The average molecular weight is 574 g/mol. The van der Waals surface area contributed by atoms with E-state index in [1.165, 1.54) is 17.3 Å². The zero-order valence-corrected chi connectivity index (χ0v) is 24.1. The van der Waals surface area contributed by atoms with Crippen molar-refractivity contribution in [1.82, 2.24) is 14.7 Å². The summed E-state index contributed by atoms with van der Waals surface area (Å²) >= 11 is 6.92. The predicted octanol–water partition coefficient (Wildman–Crippen LogP) is 7.83. The van der Waals surface area contributed by atoms with Gasteiger partial charge >= 0.3 is 0 Å². The van der Waals surface area contributed by atoms with E-state index in [-0.39, 0.29) is 5.91 Å². The van der Waals surface area contributed by atoms with Crippen molar-refractivity contribution in [2.45, 2.75) is 20.1 Å². The summed E-state index contributed by atoms with van der Waals surface area (Å²) in [6.45, 7) is 3.02. The van der Waals surface area contributed by atoms with Crippen LogP contribution in [-0.2, 0) is 17.9 Å². The van der Waals surface area contributed by atoms with E-state index in [1.807, 2.05) is 102 Å². The molecule has 0 aliphatic carbocycles. The van der Waals surface area contributed by atoms with Crippen molar-refractivity contribution in [3.05, 3.63) is 143 Å². The van der Waals surface area contributed by atoms with E-state index in [9.17, 15) is 4.79 Å². The van der Waals surface area contributed by atoms with Gasteiger partial charge in [-0.2, -0.15) is 5.10 Å². The molecule has 0 bridgehead atoms. The first-order valence-electron chi connectivity index (χ1n) is 13.3. The van der Waals surface area contributed by atoms with Crippen molar-refractivity contribution in [1.29, 1.82) is 0 Å². The Labute approximate surface area is 249 Å². The molecule has 0 spiro atoms. The van der Waals surface area contributed by atoms with Gasteiger partial charge in [0.15, 0.2) is 0 Å². The molecule has 1 aromatic heterocycles. The lowest BCUT2D eigenvalue weighted by atomic mass is 10.1. The highest BCUT2D eigenvalue weighted by Gasteiger charge is 2.32. The second kappa shape index (κ2) is 12.0. The summed E-state index contributed by atoms with van der Waals surface area (Å²) in [5.41, 5.74) is 6.84. The number of rotatable bonds is 8. The summed E-state index contributed by atoms with van der Waals surface area (Å²) in [6.07, 6.45) is 3.85. The molecule has 202 valence electrons. The van der Waals surface area contributed by atoms with E-state index in [0.29, 0.717) is 22.4 Å². The van der Waals surface area contributed by atoms with Crippen LogP contribution in [0.2, 0.25) is 0 Å². The molecule has 1 aliphatic heterocycles. The second-order valence-electron chi connectivity index (χ2n) is 9.77. The maximum Gasteiger partial charge on any atom is 0.266 e. The fourth-order valence-electron chi connectivity index (χ4n) is 4.53. The molecule has 1 fully saturated rings. The molecule has 5 nitrogen and oxygen atoms in total. The topological polar surface area (TPSA) is 47.4 Å². The van der Waals surface area contributed by atoms with Crippen LogP contribution in [0.5, 0.6) is 5.75 Å². The van der Waals surface area contributed by atoms with E-state index in [1.54, 1.807) is 4.90 Å². The number of hydrogen-bond acceptors (Lipinski definition) is 5. The Bertz CT molecular complexity index is 1710. The van der Waals surface area contributed by atoms with E-state index < -0.39 is 0 Å². The molecule has 1 saturated heterocycles. The Morgan fingerprint density at radius 1 is 0.854 bits per heavy atom. The number of aromatic nitrogens is 2. The van der Waals surface area contributed by atoms with Gasteiger partial charge in [-0.1, -0.05) is 102 Å². The van der Waals surface area contributed by atoms with Crippen molar-refractivity contribution in [3.8, 4) is 22.7 Å². The molecular weight excluding hydrogens is 547 g/mol. The number of para-hydroxylation sites is 1. The highest BCUT2D eigenvalue weighted by atomic mass is 32.2. The van der Waals surface area contributed by atoms with Gasteiger partial charge < -0.3 is 4.74 Å². The van der Waals surface area contributed by atoms with Crippen LogP contribution in [0.25, 0.3) is 23.0 Å². The summed E-state index contributed by atoms with van der Waals surface area (Å²) in [5.74, 6) is 0.683. The third kappa shape index (κ3) is 6.16. The lowest BCUT2D eigenvalue weighted by Gasteiger charge is -2.14. The van der Waals surface area contributed by atoms with E-state index in [4.69, 9.17) is 22.1 Å². The Morgan fingerprint density at radius 3 is 2.24 bits per heavy atom.